The summed E-state index contributed by atoms with van der Waals surface area (Å²) in [6, 6.07) is 6.15. The van der Waals surface area contributed by atoms with Gasteiger partial charge in [0.05, 0.1) is 11.0 Å². The van der Waals surface area contributed by atoms with Crippen LogP contribution in [-0.4, -0.2) is 22.1 Å². The second-order valence-corrected chi connectivity index (χ2v) is 4.40. The minimum Gasteiger partial charge on any atom is -0.387 e. The van der Waals surface area contributed by atoms with Crippen LogP contribution in [0.5, 0.6) is 0 Å². The molecule has 2 atom stereocenters. The van der Waals surface area contributed by atoms with Gasteiger partial charge in [0.15, 0.2) is 0 Å². The zero-order valence-corrected chi connectivity index (χ0v) is 10.3. The van der Waals surface area contributed by atoms with E-state index in [0.717, 1.165) is 0 Å². The summed E-state index contributed by atoms with van der Waals surface area (Å²) in [5, 5.41) is 23.7. The summed E-state index contributed by atoms with van der Waals surface area (Å²) in [5.74, 6) is 0. The molecule has 0 aliphatic heterocycles. The van der Waals surface area contributed by atoms with Gasteiger partial charge in [-0.1, -0.05) is 13.8 Å². The third kappa shape index (κ3) is 3.80. The second kappa shape index (κ2) is 5.75. The first-order valence-corrected chi connectivity index (χ1v) is 5.60. The van der Waals surface area contributed by atoms with Crippen LogP contribution < -0.4 is 5.32 Å². The number of nitrogens with zero attached hydrogens (tertiary/aromatic N) is 1. The summed E-state index contributed by atoms with van der Waals surface area (Å²) in [7, 11) is 0. The summed E-state index contributed by atoms with van der Waals surface area (Å²) in [6.45, 7) is 5.88. The maximum Gasteiger partial charge on any atom is 0.269 e. The summed E-state index contributed by atoms with van der Waals surface area (Å²) in [4.78, 5) is 10.0. The Balaban J connectivity index is 2.75. The van der Waals surface area contributed by atoms with Crippen LogP contribution in [0.3, 0.4) is 0 Å². The molecule has 94 valence electrons. The number of aliphatic hydroxyl groups is 1. The number of non-ortho nitro benzene ring substituents is 1. The van der Waals surface area contributed by atoms with E-state index < -0.39 is 11.0 Å². The second-order valence-electron chi connectivity index (χ2n) is 4.40. The molecule has 0 heterocycles. The van der Waals surface area contributed by atoms with Crippen molar-refractivity contribution in [2.45, 2.75) is 39.0 Å². The molecule has 1 rings (SSSR count). The predicted molar refractivity (Wildman–Crippen MR) is 65.8 cm³/mol. The molecule has 0 spiro atoms. The summed E-state index contributed by atoms with van der Waals surface area (Å²) in [5.41, 5.74) is 0.710. The van der Waals surface area contributed by atoms with Gasteiger partial charge in [-0.2, -0.15) is 0 Å². The lowest BCUT2D eigenvalue weighted by atomic mass is 10.0. The molecule has 2 unspecified atom stereocenters. The van der Waals surface area contributed by atoms with Crippen molar-refractivity contribution in [1.29, 1.82) is 0 Å². The van der Waals surface area contributed by atoms with E-state index in [9.17, 15) is 15.2 Å². The molecule has 5 heteroatoms. The Morgan fingerprint density at radius 1 is 1.24 bits per heavy atom. The molecule has 5 nitrogen and oxygen atoms in total. The van der Waals surface area contributed by atoms with Gasteiger partial charge >= 0.3 is 0 Å². The molecular formula is C12H18N2O3. The first kappa shape index (κ1) is 13.6. The zero-order chi connectivity index (χ0) is 13.0. The number of benzene rings is 1. The largest absolute Gasteiger partial charge is 0.387 e. The molecule has 0 bridgehead atoms. The van der Waals surface area contributed by atoms with Crippen molar-refractivity contribution in [3.05, 3.63) is 39.9 Å². The minimum atomic E-state index is -0.668. The van der Waals surface area contributed by atoms with Gasteiger partial charge < -0.3 is 10.4 Å². The third-order valence-electron chi connectivity index (χ3n) is 2.52. The van der Waals surface area contributed by atoms with Crippen LogP contribution >= 0.6 is 0 Å². The molecule has 0 aromatic heterocycles. The van der Waals surface area contributed by atoms with Crippen LogP contribution in [0.1, 0.15) is 32.4 Å². The molecule has 0 saturated heterocycles. The van der Waals surface area contributed by atoms with Gasteiger partial charge in [0.25, 0.3) is 5.69 Å². The van der Waals surface area contributed by atoms with Crippen LogP contribution in [0.25, 0.3) is 0 Å². The number of rotatable bonds is 5. The van der Waals surface area contributed by atoms with E-state index in [1.54, 1.807) is 12.1 Å². The molecule has 2 N–H and O–H groups in total. The molecule has 0 aliphatic rings. The monoisotopic (exact) mass is 238 g/mol. The van der Waals surface area contributed by atoms with Crippen molar-refractivity contribution < 1.29 is 10.0 Å². The average Bonchev–Trinajstić information content (AvgIpc) is 2.27. The smallest absolute Gasteiger partial charge is 0.269 e. The topological polar surface area (TPSA) is 75.4 Å². The van der Waals surface area contributed by atoms with E-state index in [0.29, 0.717) is 5.56 Å². The highest BCUT2D eigenvalue weighted by Gasteiger charge is 2.17. The van der Waals surface area contributed by atoms with Crippen molar-refractivity contribution in [3.63, 3.8) is 0 Å². The Bertz CT molecular complexity index is 376. The normalized spacial score (nSPS) is 14.6. The molecule has 0 radical (unpaired) electrons. The number of aliphatic hydroxyl groups excluding tert-OH is 1. The van der Waals surface area contributed by atoms with Crippen molar-refractivity contribution in [1.82, 2.24) is 5.32 Å². The van der Waals surface area contributed by atoms with E-state index in [1.807, 2.05) is 20.8 Å². The number of hydrogen-bond donors (Lipinski definition) is 2. The van der Waals surface area contributed by atoms with E-state index >= 15 is 0 Å². The molecule has 0 saturated carbocycles. The van der Waals surface area contributed by atoms with Crippen molar-refractivity contribution in [2.24, 2.45) is 0 Å². The van der Waals surface area contributed by atoms with Crippen molar-refractivity contribution in [3.8, 4) is 0 Å². The van der Waals surface area contributed by atoms with E-state index in [-0.39, 0.29) is 17.8 Å². The fourth-order valence-corrected chi connectivity index (χ4v) is 1.70. The Morgan fingerprint density at radius 2 is 1.76 bits per heavy atom. The van der Waals surface area contributed by atoms with Gasteiger partial charge in [0.2, 0.25) is 0 Å². The molecule has 17 heavy (non-hydrogen) atoms. The number of nitro groups is 1. The van der Waals surface area contributed by atoms with Gasteiger partial charge in [0.1, 0.15) is 0 Å². The highest BCUT2D eigenvalue weighted by atomic mass is 16.6. The Labute approximate surface area is 101 Å². The van der Waals surface area contributed by atoms with Crippen LogP contribution in [0, 0.1) is 10.1 Å². The maximum atomic E-state index is 10.5. The van der Waals surface area contributed by atoms with Gasteiger partial charge in [0, 0.05) is 24.2 Å². The highest BCUT2D eigenvalue weighted by Crippen LogP contribution is 2.20. The minimum absolute atomic E-state index is 0.0328. The standard InChI is InChI=1S/C12H18N2O3/c1-8(2)13-9(3)12(15)10-4-6-11(7-5-10)14(16)17/h4-9,12-13,15H,1-3H3. The number of hydrogen-bond acceptors (Lipinski definition) is 4. The third-order valence-corrected chi connectivity index (χ3v) is 2.52. The lowest BCUT2D eigenvalue weighted by molar-refractivity contribution is -0.384. The number of nitrogens with one attached hydrogen (secondary N) is 1. The van der Waals surface area contributed by atoms with E-state index in [1.165, 1.54) is 12.1 Å². The van der Waals surface area contributed by atoms with Crippen molar-refractivity contribution in [2.75, 3.05) is 0 Å². The first-order chi connectivity index (χ1) is 7.91. The van der Waals surface area contributed by atoms with Gasteiger partial charge in [-0.25, -0.2) is 0 Å². The summed E-state index contributed by atoms with van der Waals surface area (Å²) >= 11 is 0. The fraction of sp³-hybridized carbons (Fsp3) is 0.500. The lowest BCUT2D eigenvalue weighted by Gasteiger charge is -2.22. The summed E-state index contributed by atoms with van der Waals surface area (Å²) < 4.78 is 0. The molecule has 0 aliphatic carbocycles. The Morgan fingerprint density at radius 3 is 2.18 bits per heavy atom. The van der Waals surface area contributed by atoms with Crippen LogP contribution in [0.2, 0.25) is 0 Å². The van der Waals surface area contributed by atoms with Gasteiger partial charge in [-0.3, -0.25) is 10.1 Å². The van der Waals surface area contributed by atoms with Gasteiger partial charge in [-0.05, 0) is 24.6 Å². The van der Waals surface area contributed by atoms with Crippen molar-refractivity contribution >= 4 is 5.69 Å². The molecule has 1 aromatic rings. The number of nitro benzene ring substituents is 1. The Kier molecular flexibility index (Phi) is 4.60. The zero-order valence-electron chi connectivity index (χ0n) is 10.3. The lowest BCUT2D eigenvalue weighted by Crippen LogP contribution is -2.36. The fourth-order valence-electron chi connectivity index (χ4n) is 1.70. The quantitative estimate of drug-likeness (QED) is 0.607. The first-order valence-electron chi connectivity index (χ1n) is 5.60. The van der Waals surface area contributed by atoms with E-state index in [2.05, 4.69) is 5.32 Å². The predicted octanol–water partition coefficient (Wildman–Crippen LogP) is 2.01. The Hall–Kier alpha value is -1.46. The van der Waals surface area contributed by atoms with Crippen LogP contribution in [0.4, 0.5) is 5.69 Å². The van der Waals surface area contributed by atoms with Gasteiger partial charge in [-0.15, -0.1) is 0 Å². The van der Waals surface area contributed by atoms with Crippen LogP contribution in [-0.2, 0) is 0 Å². The summed E-state index contributed by atoms with van der Waals surface area (Å²) in [6.07, 6.45) is -0.668. The highest BCUT2D eigenvalue weighted by molar-refractivity contribution is 5.34. The molecular weight excluding hydrogens is 220 g/mol. The molecule has 0 fully saturated rings. The van der Waals surface area contributed by atoms with Crippen LogP contribution in [0.15, 0.2) is 24.3 Å². The maximum absolute atomic E-state index is 10.5. The average molecular weight is 238 g/mol. The SMILES string of the molecule is CC(C)NC(C)C(O)c1ccc([N+](=O)[O-])cc1. The molecule has 1 aromatic carbocycles. The van der Waals surface area contributed by atoms with E-state index in [4.69, 9.17) is 0 Å². The molecule has 0 amide bonds.